The van der Waals surface area contributed by atoms with Gasteiger partial charge in [0.25, 0.3) is 5.71 Å². The maximum atomic E-state index is 5.44. The van der Waals surface area contributed by atoms with Crippen LogP contribution < -0.4 is 4.90 Å². The summed E-state index contributed by atoms with van der Waals surface area (Å²) in [5.41, 5.74) is 1.45. The molecule has 0 aromatic carbocycles. The Bertz CT molecular complexity index is 652. The molecule has 2 fully saturated rings. The minimum Gasteiger partial charge on any atom is -0.379 e. The zero-order valence-corrected chi connectivity index (χ0v) is 12.9. The van der Waals surface area contributed by atoms with Crippen LogP contribution in [0.1, 0.15) is 18.5 Å². The molecule has 118 valence electrons. The minimum atomic E-state index is 0.491. The summed E-state index contributed by atoms with van der Waals surface area (Å²) < 4.78 is 10.7. The Morgan fingerprint density at radius 3 is 2.95 bits per heavy atom. The van der Waals surface area contributed by atoms with Crippen LogP contribution in [0.25, 0.3) is 11.1 Å². The van der Waals surface area contributed by atoms with Crippen molar-refractivity contribution in [2.45, 2.75) is 25.8 Å². The fourth-order valence-corrected chi connectivity index (χ4v) is 3.51. The lowest BCUT2D eigenvalue weighted by atomic mass is 10.2. The molecule has 7 heteroatoms. The molecule has 2 aromatic rings. The van der Waals surface area contributed by atoms with Gasteiger partial charge in [0.05, 0.1) is 18.9 Å². The lowest BCUT2D eigenvalue weighted by molar-refractivity contribution is 0.0355. The predicted octanol–water partition coefficient (Wildman–Crippen LogP) is 1.23. The van der Waals surface area contributed by atoms with E-state index in [1.807, 2.05) is 6.92 Å². The molecule has 0 N–H and O–H groups in total. The number of rotatable bonds is 3. The van der Waals surface area contributed by atoms with E-state index in [1.165, 1.54) is 12.8 Å². The van der Waals surface area contributed by atoms with E-state index in [0.29, 0.717) is 11.8 Å². The van der Waals surface area contributed by atoms with E-state index in [1.54, 1.807) is 6.33 Å². The zero-order valence-electron chi connectivity index (χ0n) is 12.9. The van der Waals surface area contributed by atoms with E-state index in [-0.39, 0.29) is 0 Å². The molecule has 0 aliphatic carbocycles. The Balaban J connectivity index is 1.60. The van der Waals surface area contributed by atoms with Crippen molar-refractivity contribution in [3.63, 3.8) is 0 Å². The van der Waals surface area contributed by atoms with E-state index < -0.39 is 0 Å². The Labute approximate surface area is 129 Å². The SMILES string of the molecule is Cc1noc2ncnc(N3CCC[C@H]3CN3CCOCC3)c12. The number of aromatic nitrogens is 3. The molecule has 4 heterocycles. The molecule has 7 nitrogen and oxygen atoms in total. The van der Waals surface area contributed by atoms with Crippen LogP contribution in [0.4, 0.5) is 5.82 Å². The van der Waals surface area contributed by atoms with Gasteiger partial charge in [0.2, 0.25) is 0 Å². The number of morpholine rings is 1. The molecule has 2 aromatic heterocycles. The summed E-state index contributed by atoms with van der Waals surface area (Å²) in [7, 11) is 0. The van der Waals surface area contributed by atoms with Crippen molar-refractivity contribution >= 4 is 16.9 Å². The van der Waals surface area contributed by atoms with Gasteiger partial charge in [0.15, 0.2) is 0 Å². The van der Waals surface area contributed by atoms with Crippen LogP contribution in [0.15, 0.2) is 10.9 Å². The van der Waals surface area contributed by atoms with Crippen molar-refractivity contribution in [3.05, 3.63) is 12.0 Å². The van der Waals surface area contributed by atoms with E-state index in [4.69, 9.17) is 9.26 Å². The summed E-state index contributed by atoms with van der Waals surface area (Å²) >= 11 is 0. The summed E-state index contributed by atoms with van der Waals surface area (Å²) in [6, 6.07) is 0.491. The van der Waals surface area contributed by atoms with Crippen molar-refractivity contribution in [2.24, 2.45) is 0 Å². The van der Waals surface area contributed by atoms with Gasteiger partial charge in [0.1, 0.15) is 17.5 Å². The topological polar surface area (TPSA) is 67.5 Å². The summed E-state index contributed by atoms with van der Waals surface area (Å²) in [4.78, 5) is 13.6. The highest BCUT2D eigenvalue weighted by Crippen LogP contribution is 2.31. The number of anilines is 1. The summed E-state index contributed by atoms with van der Waals surface area (Å²) in [5.74, 6) is 0.972. The highest BCUT2D eigenvalue weighted by atomic mass is 16.5. The van der Waals surface area contributed by atoms with E-state index in [9.17, 15) is 0 Å². The molecule has 0 amide bonds. The van der Waals surface area contributed by atoms with Crippen LogP contribution in [0, 0.1) is 6.92 Å². The van der Waals surface area contributed by atoms with Crippen molar-refractivity contribution < 1.29 is 9.26 Å². The van der Waals surface area contributed by atoms with E-state index in [2.05, 4.69) is 24.9 Å². The number of hydrogen-bond acceptors (Lipinski definition) is 7. The first kappa shape index (κ1) is 13.9. The first-order chi connectivity index (χ1) is 10.8. The Morgan fingerprint density at radius 1 is 1.23 bits per heavy atom. The summed E-state index contributed by atoms with van der Waals surface area (Å²) in [6.07, 6.45) is 3.98. The molecular weight excluding hydrogens is 282 g/mol. The average Bonchev–Trinajstić information content (AvgIpc) is 3.16. The van der Waals surface area contributed by atoms with Crippen LogP contribution in [0.5, 0.6) is 0 Å². The zero-order chi connectivity index (χ0) is 14.9. The minimum absolute atomic E-state index is 0.491. The first-order valence-corrected chi connectivity index (χ1v) is 7.96. The molecular formula is C15H21N5O2. The second-order valence-corrected chi connectivity index (χ2v) is 6.05. The van der Waals surface area contributed by atoms with Gasteiger partial charge in [-0.1, -0.05) is 5.16 Å². The second kappa shape index (κ2) is 5.81. The fraction of sp³-hybridized carbons (Fsp3) is 0.667. The number of aryl methyl sites for hydroxylation is 1. The normalized spacial score (nSPS) is 23.5. The smallest absolute Gasteiger partial charge is 0.263 e. The standard InChI is InChI=1S/C15H21N5O2/c1-11-13-14(16-10-17-15(13)22-18-11)20-4-2-3-12(20)9-19-5-7-21-8-6-19/h10,12H,2-9H2,1H3/t12-/m0/s1. The molecule has 0 saturated carbocycles. The molecule has 0 unspecified atom stereocenters. The quantitative estimate of drug-likeness (QED) is 0.844. The van der Waals surface area contributed by atoms with E-state index >= 15 is 0 Å². The predicted molar refractivity (Wildman–Crippen MR) is 82.0 cm³/mol. The molecule has 2 aliphatic heterocycles. The molecule has 0 spiro atoms. The van der Waals surface area contributed by atoms with Crippen molar-refractivity contribution in [1.82, 2.24) is 20.0 Å². The van der Waals surface area contributed by atoms with Gasteiger partial charge in [0, 0.05) is 32.2 Å². The average molecular weight is 303 g/mol. The highest BCUT2D eigenvalue weighted by Gasteiger charge is 2.30. The lowest BCUT2D eigenvalue weighted by Crippen LogP contribution is -2.45. The van der Waals surface area contributed by atoms with Gasteiger partial charge in [-0.2, -0.15) is 4.98 Å². The molecule has 1 atom stereocenters. The third-order valence-corrected chi connectivity index (χ3v) is 4.65. The van der Waals surface area contributed by atoms with Gasteiger partial charge in [-0.15, -0.1) is 0 Å². The van der Waals surface area contributed by atoms with Crippen LogP contribution in [-0.4, -0.2) is 65.5 Å². The van der Waals surface area contributed by atoms with Gasteiger partial charge in [-0.3, -0.25) is 4.90 Å². The molecule has 4 rings (SSSR count). The van der Waals surface area contributed by atoms with Gasteiger partial charge >= 0.3 is 0 Å². The largest absolute Gasteiger partial charge is 0.379 e. The van der Waals surface area contributed by atoms with Gasteiger partial charge < -0.3 is 14.2 Å². The third kappa shape index (κ3) is 2.44. The Hall–Kier alpha value is -1.73. The van der Waals surface area contributed by atoms with Crippen molar-refractivity contribution in [2.75, 3.05) is 44.3 Å². The van der Waals surface area contributed by atoms with Gasteiger partial charge in [-0.25, -0.2) is 4.98 Å². The lowest BCUT2D eigenvalue weighted by Gasteiger charge is -2.33. The Kier molecular flexibility index (Phi) is 3.67. The summed E-state index contributed by atoms with van der Waals surface area (Å²) in [5, 5.41) is 4.99. The number of nitrogens with zero attached hydrogens (tertiary/aromatic N) is 5. The fourth-order valence-electron chi connectivity index (χ4n) is 3.51. The maximum absolute atomic E-state index is 5.44. The van der Waals surface area contributed by atoms with Crippen LogP contribution in [-0.2, 0) is 4.74 Å². The maximum Gasteiger partial charge on any atom is 0.263 e. The summed E-state index contributed by atoms with van der Waals surface area (Å²) in [6.45, 7) is 7.78. The monoisotopic (exact) mass is 303 g/mol. The molecule has 0 radical (unpaired) electrons. The molecule has 22 heavy (non-hydrogen) atoms. The second-order valence-electron chi connectivity index (χ2n) is 6.05. The number of ether oxygens (including phenoxy) is 1. The molecule has 2 saturated heterocycles. The molecule has 0 bridgehead atoms. The van der Waals surface area contributed by atoms with Crippen LogP contribution in [0.3, 0.4) is 0 Å². The van der Waals surface area contributed by atoms with Crippen LogP contribution in [0.2, 0.25) is 0 Å². The first-order valence-electron chi connectivity index (χ1n) is 7.96. The number of hydrogen-bond donors (Lipinski definition) is 0. The van der Waals surface area contributed by atoms with Crippen LogP contribution >= 0.6 is 0 Å². The molecule has 2 aliphatic rings. The van der Waals surface area contributed by atoms with Crippen molar-refractivity contribution in [3.8, 4) is 0 Å². The van der Waals surface area contributed by atoms with E-state index in [0.717, 1.165) is 56.3 Å². The number of fused-ring (bicyclic) bond motifs is 1. The highest BCUT2D eigenvalue weighted by molar-refractivity contribution is 5.88. The third-order valence-electron chi connectivity index (χ3n) is 4.65. The van der Waals surface area contributed by atoms with Crippen molar-refractivity contribution in [1.29, 1.82) is 0 Å². The van der Waals surface area contributed by atoms with Gasteiger partial charge in [-0.05, 0) is 19.8 Å². The Morgan fingerprint density at radius 2 is 2.09 bits per heavy atom.